The minimum absolute atomic E-state index is 0.0956. The fourth-order valence-corrected chi connectivity index (χ4v) is 3.04. The largest absolute Gasteiger partial charge is 0.478 e. The monoisotopic (exact) mass is 390 g/mol. The number of carbonyl (C=O) groups is 2. The fourth-order valence-electron chi connectivity index (χ4n) is 2.86. The van der Waals surface area contributed by atoms with E-state index in [1.807, 2.05) is 0 Å². The van der Waals surface area contributed by atoms with Crippen LogP contribution in [0.3, 0.4) is 0 Å². The normalized spacial score (nSPS) is 14.4. The Labute approximate surface area is 162 Å². The van der Waals surface area contributed by atoms with Crippen molar-refractivity contribution in [1.29, 1.82) is 0 Å². The second kappa shape index (κ2) is 7.56. The van der Waals surface area contributed by atoms with Gasteiger partial charge in [-0.05, 0) is 56.7 Å². The third-order valence-corrected chi connectivity index (χ3v) is 4.52. The Morgan fingerprint density at radius 3 is 2.67 bits per heavy atom. The molecule has 1 fully saturated rings. The van der Waals surface area contributed by atoms with Gasteiger partial charge in [-0.15, -0.1) is 0 Å². The number of ether oxygens (including phenoxy) is 1. The van der Waals surface area contributed by atoms with Gasteiger partial charge in [0.2, 0.25) is 5.91 Å². The number of rotatable bonds is 5. The third kappa shape index (κ3) is 4.39. The van der Waals surface area contributed by atoms with Crippen LogP contribution in [0.5, 0.6) is 5.75 Å². The summed E-state index contributed by atoms with van der Waals surface area (Å²) in [5.74, 6) is -0.637. The highest BCUT2D eigenvalue weighted by Crippen LogP contribution is 2.28. The molecule has 0 aromatic heterocycles. The lowest BCUT2D eigenvalue weighted by molar-refractivity contribution is -0.128. The molecule has 0 radical (unpaired) electrons. The topological polar surface area (TPSA) is 58.6 Å². The van der Waals surface area contributed by atoms with Crippen LogP contribution in [0.1, 0.15) is 26.7 Å². The fraction of sp³-hybridized carbons (Fsp3) is 0.300. The second-order valence-electron chi connectivity index (χ2n) is 6.84. The highest BCUT2D eigenvalue weighted by Gasteiger charge is 2.31. The van der Waals surface area contributed by atoms with Crippen molar-refractivity contribution in [2.75, 3.05) is 16.8 Å². The number of halogens is 2. The Morgan fingerprint density at radius 2 is 2.04 bits per heavy atom. The van der Waals surface area contributed by atoms with E-state index < -0.39 is 17.3 Å². The average Bonchev–Trinajstić information content (AvgIpc) is 3.00. The van der Waals surface area contributed by atoms with Crippen molar-refractivity contribution in [2.24, 2.45) is 0 Å². The first-order valence-electron chi connectivity index (χ1n) is 8.62. The third-order valence-electron chi connectivity index (χ3n) is 4.29. The zero-order chi connectivity index (χ0) is 19.6. The molecule has 0 atom stereocenters. The molecule has 27 heavy (non-hydrogen) atoms. The lowest BCUT2D eigenvalue weighted by atomic mass is 10.1. The summed E-state index contributed by atoms with van der Waals surface area (Å²) in [5, 5.41) is 3.14. The van der Waals surface area contributed by atoms with E-state index >= 15 is 0 Å². The molecule has 0 bridgehead atoms. The van der Waals surface area contributed by atoms with Crippen molar-refractivity contribution < 1.29 is 18.7 Å². The number of benzene rings is 2. The summed E-state index contributed by atoms with van der Waals surface area (Å²) in [7, 11) is 0. The molecule has 0 aliphatic carbocycles. The van der Waals surface area contributed by atoms with E-state index in [2.05, 4.69) is 5.32 Å². The summed E-state index contributed by atoms with van der Waals surface area (Å²) in [5.41, 5.74) is -0.689. The minimum Gasteiger partial charge on any atom is -0.478 e. The number of carbonyl (C=O) groups excluding carboxylic acids is 2. The van der Waals surface area contributed by atoms with E-state index in [9.17, 15) is 14.0 Å². The zero-order valence-corrected chi connectivity index (χ0v) is 15.8. The van der Waals surface area contributed by atoms with Gasteiger partial charge in [-0.2, -0.15) is 0 Å². The molecule has 7 heteroatoms. The Bertz CT molecular complexity index is 885. The lowest BCUT2D eigenvalue weighted by Gasteiger charge is -2.25. The summed E-state index contributed by atoms with van der Waals surface area (Å²) in [6.45, 7) is 3.72. The number of anilines is 2. The highest BCUT2D eigenvalue weighted by atomic mass is 35.5. The number of nitrogens with one attached hydrogen (secondary N) is 1. The van der Waals surface area contributed by atoms with E-state index in [1.54, 1.807) is 44.2 Å². The van der Waals surface area contributed by atoms with E-state index in [0.717, 1.165) is 0 Å². The van der Waals surface area contributed by atoms with Gasteiger partial charge in [0.25, 0.3) is 5.91 Å². The molecule has 1 aliphatic heterocycles. The van der Waals surface area contributed by atoms with Crippen LogP contribution in [0.15, 0.2) is 42.5 Å². The van der Waals surface area contributed by atoms with Gasteiger partial charge in [-0.25, -0.2) is 4.39 Å². The number of amides is 2. The molecule has 1 saturated heterocycles. The van der Waals surface area contributed by atoms with Gasteiger partial charge in [0, 0.05) is 23.7 Å². The maximum Gasteiger partial charge on any atom is 0.267 e. The van der Waals surface area contributed by atoms with Gasteiger partial charge in [0.1, 0.15) is 11.6 Å². The number of hydrogen-bond acceptors (Lipinski definition) is 3. The summed E-state index contributed by atoms with van der Waals surface area (Å²) in [4.78, 5) is 25.8. The van der Waals surface area contributed by atoms with Gasteiger partial charge in [0.15, 0.2) is 5.60 Å². The van der Waals surface area contributed by atoms with Crippen molar-refractivity contribution in [2.45, 2.75) is 32.3 Å². The van der Waals surface area contributed by atoms with Gasteiger partial charge in [-0.3, -0.25) is 9.59 Å². The molecule has 2 aromatic rings. The molecule has 2 amide bonds. The van der Waals surface area contributed by atoms with Gasteiger partial charge in [-0.1, -0.05) is 17.7 Å². The van der Waals surface area contributed by atoms with Crippen molar-refractivity contribution in [3.05, 3.63) is 53.3 Å². The maximum absolute atomic E-state index is 14.4. The summed E-state index contributed by atoms with van der Waals surface area (Å²) in [6, 6.07) is 11.0. The molecule has 1 N–H and O–H groups in total. The SMILES string of the molecule is CC(C)(Oc1cccc(Cl)c1)C(=O)Nc1ccc(N2CCCC2=O)c(F)c1. The smallest absolute Gasteiger partial charge is 0.267 e. The molecular weight excluding hydrogens is 371 g/mol. The number of nitrogens with zero attached hydrogens (tertiary/aromatic N) is 1. The van der Waals surface area contributed by atoms with Crippen LogP contribution in [-0.4, -0.2) is 24.0 Å². The van der Waals surface area contributed by atoms with Gasteiger partial charge >= 0.3 is 0 Å². The summed E-state index contributed by atoms with van der Waals surface area (Å²) < 4.78 is 20.1. The van der Waals surface area contributed by atoms with Crippen LogP contribution in [-0.2, 0) is 9.59 Å². The van der Waals surface area contributed by atoms with Crippen LogP contribution < -0.4 is 15.0 Å². The van der Waals surface area contributed by atoms with E-state index in [-0.39, 0.29) is 17.3 Å². The standard InChI is InChI=1S/C20H20ClFN2O3/c1-20(2,27-15-6-3-5-13(21)11-15)19(26)23-14-8-9-17(16(22)12-14)24-10-4-7-18(24)25/h3,5-6,8-9,11-12H,4,7,10H2,1-2H3,(H,23,26). The molecule has 0 unspecified atom stereocenters. The zero-order valence-electron chi connectivity index (χ0n) is 15.1. The average molecular weight is 391 g/mol. The molecule has 5 nitrogen and oxygen atoms in total. The maximum atomic E-state index is 14.4. The summed E-state index contributed by atoms with van der Waals surface area (Å²) >= 11 is 5.93. The van der Waals surface area contributed by atoms with Gasteiger partial charge in [0.05, 0.1) is 5.69 Å². The van der Waals surface area contributed by atoms with Crippen molar-refractivity contribution in [3.63, 3.8) is 0 Å². The first kappa shape index (κ1) is 19.2. The van der Waals surface area contributed by atoms with E-state index in [4.69, 9.17) is 16.3 Å². The van der Waals surface area contributed by atoms with Crippen LogP contribution in [0, 0.1) is 5.82 Å². The first-order valence-corrected chi connectivity index (χ1v) is 9.00. The molecule has 1 heterocycles. The molecule has 0 spiro atoms. The van der Waals surface area contributed by atoms with Crippen LogP contribution in [0.4, 0.5) is 15.8 Å². The minimum atomic E-state index is -1.20. The van der Waals surface area contributed by atoms with E-state index in [0.29, 0.717) is 30.2 Å². The Morgan fingerprint density at radius 1 is 1.26 bits per heavy atom. The quantitative estimate of drug-likeness (QED) is 0.823. The van der Waals surface area contributed by atoms with Crippen LogP contribution in [0.2, 0.25) is 5.02 Å². The Balaban J connectivity index is 1.71. The van der Waals surface area contributed by atoms with E-state index in [1.165, 1.54) is 17.0 Å². The van der Waals surface area contributed by atoms with Crippen LogP contribution in [0.25, 0.3) is 0 Å². The molecule has 142 valence electrons. The number of hydrogen-bond donors (Lipinski definition) is 1. The van der Waals surface area contributed by atoms with Crippen molar-refractivity contribution in [3.8, 4) is 5.75 Å². The molecule has 1 aliphatic rings. The van der Waals surface area contributed by atoms with Crippen LogP contribution >= 0.6 is 11.6 Å². The molecular formula is C20H20ClFN2O3. The predicted octanol–water partition coefficient (Wildman–Crippen LogP) is 4.40. The summed E-state index contributed by atoms with van der Waals surface area (Å²) in [6.07, 6.45) is 1.14. The predicted molar refractivity (Wildman–Crippen MR) is 103 cm³/mol. The Hall–Kier alpha value is -2.60. The lowest BCUT2D eigenvalue weighted by Crippen LogP contribution is -2.42. The Kier molecular flexibility index (Phi) is 5.37. The highest BCUT2D eigenvalue weighted by molar-refractivity contribution is 6.30. The molecule has 0 saturated carbocycles. The molecule has 3 rings (SSSR count). The second-order valence-corrected chi connectivity index (χ2v) is 7.28. The van der Waals surface area contributed by atoms with Crippen molar-refractivity contribution in [1.82, 2.24) is 0 Å². The van der Waals surface area contributed by atoms with Crippen molar-refractivity contribution >= 4 is 34.8 Å². The van der Waals surface area contributed by atoms with Gasteiger partial charge < -0.3 is 15.0 Å². The first-order chi connectivity index (χ1) is 12.8. The molecule has 2 aromatic carbocycles.